The minimum atomic E-state index is 0.468. The molecule has 3 nitrogen and oxygen atoms in total. The highest BCUT2D eigenvalue weighted by atomic mass is 15.2. The van der Waals surface area contributed by atoms with Gasteiger partial charge in [0.15, 0.2) is 0 Å². The van der Waals surface area contributed by atoms with Crippen molar-refractivity contribution >= 4 is 16.6 Å². The summed E-state index contributed by atoms with van der Waals surface area (Å²) in [6.45, 7) is 10.6. The molecule has 1 aromatic heterocycles. The smallest absolute Gasteiger partial charge is 0.136 e. The van der Waals surface area contributed by atoms with E-state index >= 15 is 0 Å². The molecule has 1 aromatic carbocycles. The Morgan fingerprint density at radius 2 is 1.86 bits per heavy atom. The molecular formula is C18H27N3. The Balaban J connectivity index is 2.40. The van der Waals surface area contributed by atoms with Crippen molar-refractivity contribution in [2.45, 2.75) is 40.3 Å². The second kappa shape index (κ2) is 6.90. The molecule has 0 unspecified atom stereocenters. The van der Waals surface area contributed by atoms with Crippen molar-refractivity contribution < 1.29 is 0 Å². The molecule has 0 aliphatic heterocycles. The third-order valence-corrected chi connectivity index (χ3v) is 3.47. The Labute approximate surface area is 128 Å². The van der Waals surface area contributed by atoms with Gasteiger partial charge in [-0.05, 0) is 17.4 Å². The molecule has 0 aliphatic carbocycles. The minimum Gasteiger partial charge on any atom is -0.359 e. The molecule has 0 saturated carbocycles. The van der Waals surface area contributed by atoms with E-state index in [2.05, 4.69) is 75.3 Å². The Bertz CT molecular complexity index is 590. The lowest BCUT2D eigenvalue weighted by molar-refractivity contribution is 0.580. The molecule has 21 heavy (non-hydrogen) atoms. The molecule has 0 amide bonds. The Morgan fingerprint density at radius 1 is 1.14 bits per heavy atom. The van der Waals surface area contributed by atoms with E-state index in [1.165, 1.54) is 10.8 Å². The second-order valence-corrected chi connectivity index (χ2v) is 6.47. The fraction of sp³-hybridized carbons (Fsp3) is 0.500. The van der Waals surface area contributed by atoms with Crippen LogP contribution in [0.5, 0.6) is 0 Å². The number of nitrogens with zero attached hydrogens (tertiary/aromatic N) is 2. The van der Waals surface area contributed by atoms with Crippen LogP contribution in [-0.4, -0.2) is 24.6 Å². The zero-order chi connectivity index (χ0) is 15.4. The first-order chi connectivity index (χ1) is 9.97. The summed E-state index contributed by atoms with van der Waals surface area (Å²) < 4.78 is 0. The lowest BCUT2D eigenvalue weighted by Crippen LogP contribution is -2.26. The van der Waals surface area contributed by atoms with Crippen molar-refractivity contribution in [1.29, 1.82) is 0 Å². The van der Waals surface area contributed by atoms with Gasteiger partial charge in [0.05, 0.1) is 5.69 Å². The number of pyridine rings is 1. The summed E-state index contributed by atoms with van der Waals surface area (Å²) in [5.74, 6) is 1.70. The number of rotatable bonds is 6. The number of hydrogen-bond donors (Lipinski definition) is 1. The van der Waals surface area contributed by atoms with E-state index in [9.17, 15) is 0 Å². The highest BCUT2D eigenvalue weighted by Crippen LogP contribution is 2.25. The summed E-state index contributed by atoms with van der Waals surface area (Å²) in [5, 5.41) is 5.95. The van der Waals surface area contributed by atoms with Crippen LogP contribution >= 0.6 is 0 Å². The van der Waals surface area contributed by atoms with Crippen molar-refractivity contribution in [3.05, 3.63) is 36.0 Å². The first-order valence-electron chi connectivity index (χ1n) is 7.80. The standard InChI is InChI=1S/C18H27N3/c1-13(2)12-21(5)18-17-9-7-6-8-15(17)10-16(20-18)11-19-14(3)4/h6-10,13-14,19H,11-12H2,1-5H3. The van der Waals surface area contributed by atoms with Crippen LogP contribution in [0, 0.1) is 5.92 Å². The van der Waals surface area contributed by atoms with Crippen molar-refractivity contribution in [2.24, 2.45) is 5.92 Å². The predicted molar refractivity (Wildman–Crippen MR) is 91.8 cm³/mol. The SMILES string of the molecule is CC(C)CN(C)c1nc(CNC(C)C)cc2ccccc12. The van der Waals surface area contributed by atoms with E-state index in [1.54, 1.807) is 0 Å². The highest BCUT2D eigenvalue weighted by Gasteiger charge is 2.11. The Kier molecular flexibility index (Phi) is 5.18. The van der Waals surface area contributed by atoms with Gasteiger partial charge in [-0.15, -0.1) is 0 Å². The summed E-state index contributed by atoms with van der Waals surface area (Å²) in [6, 6.07) is 11.2. The van der Waals surface area contributed by atoms with E-state index in [1.807, 2.05) is 0 Å². The van der Waals surface area contributed by atoms with E-state index in [0.29, 0.717) is 12.0 Å². The fourth-order valence-corrected chi connectivity index (χ4v) is 2.56. The monoisotopic (exact) mass is 285 g/mol. The van der Waals surface area contributed by atoms with Gasteiger partial charge >= 0.3 is 0 Å². The Morgan fingerprint density at radius 3 is 2.52 bits per heavy atom. The van der Waals surface area contributed by atoms with Crippen molar-refractivity contribution in [1.82, 2.24) is 10.3 Å². The minimum absolute atomic E-state index is 0.468. The quantitative estimate of drug-likeness (QED) is 0.874. The lowest BCUT2D eigenvalue weighted by Gasteiger charge is -2.23. The van der Waals surface area contributed by atoms with E-state index in [0.717, 1.165) is 24.6 Å². The normalized spacial score (nSPS) is 11.6. The average molecular weight is 285 g/mol. The van der Waals surface area contributed by atoms with Gasteiger partial charge in [-0.1, -0.05) is 52.0 Å². The molecule has 2 rings (SSSR count). The van der Waals surface area contributed by atoms with Crippen molar-refractivity contribution in [3.8, 4) is 0 Å². The molecule has 0 fully saturated rings. The molecule has 2 aromatic rings. The number of hydrogen-bond acceptors (Lipinski definition) is 3. The van der Waals surface area contributed by atoms with Crippen LogP contribution in [0.2, 0.25) is 0 Å². The van der Waals surface area contributed by atoms with Gasteiger partial charge in [-0.2, -0.15) is 0 Å². The second-order valence-electron chi connectivity index (χ2n) is 6.47. The lowest BCUT2D eigenvalue weighted by atomic mass is 10.1. The number of fused-ring (bicyclic) bond motifs is 1. The van der Waals surface area contributed by atoms with Crippen LogP contribution in [0.4, 0.5) is 5.82 Å². The molecule has 0 radical (unpaired) electrons. The third kappa shape index (κ3) is 4.18. The van der Waals surface area contributed by atoms with Gasteiger partial charge in [0.25, 0.3) is 0 Å². The van der Waals surface area contributed by atoms with Gasteiger partial charge in [0.2, 0.25) is 0 Å². The van der Waals surface area contributed by atoms with E-state index < -0.39 is 0 Å². The number of benzene rings is 1. The molecule has 0 spiro atoms. The van der Waals surface area contributed by atoms with Crippen LogP contribution in [0.1, 0.15) is 33.4 Å². The third-order valence-electron chi connectivity index (χ3n) is 3.47. The average Bonchev–Trinajstić information content (AvgIpc) is 2.43. The fourth-order valence-electron chi connectivity index (χ4n) is 2.56. The van der Waals surface area contributed by atoms with Crippen LogP contribution in [0.15, 0.2) is 30.3 Å². The Hall–Kier alpha value is -1.61. The summed E-state index contributed by atoms with van der Waals surface area (Å²) in [4.78, 5) is 7.16. The van der Waals surface area contributed by atoms with E-state index in [4.69, 9.17) is 4.98 Å². The summed E-state index contributed by atoms with van der Waals surface area (Å²) >= 11 is 0. The number of aromatic nitrogens is 1. The van der Waals surface area contributed by atoms with E-state index in [-0.39, 0.29) is 0 Å². The molecule has 1 heterocycles. The molecular weight excluding hydrogens is 258 g/mol. The molecule has 1 N–H and O–H groups in total. The summed E-state index contributed by atoms with van der Waals surface area (Å²) in [5.41, 5.74) is 1.10. The van der Waals surface area contributed by atoms with Crippen molar-refractivity contribution in [3.63, 3.8) is 0 Å². The maximum absolute atomic E-state index is 4.89. The summed E-state index contributed by atoms with van der Waals surface area (Å²) in [7, 11) is 2.13. The highest BCUT2D eigenvalue weighted by molar-refractivity contribution is 5.92. The molecule has 0 atom stereocenters. The first-order valence-corrected chi connectivity index (χ1v) is 7.80. The number of nitrogens with one attached hydrogen (secondary N) is 1. The summed E-state index contributed by atoms with van der Waals surface area (Å²) in [6.07, 6.45) is 0. The first kappa shape index (κ1) is 15.8. The van der Waals surface area contributed by atoms with Crippen LogP contribution in [0.25, 0.3) is 10.8 Å². The predicted octanol–water partition coefficient (Wildman–Crippen LogP) is 3.83. The zero-order valence-corrected chi connectivity index (χ0v) is 13.9. The zero-order valence-electron chi connectivity index (χ0n) is 13.9. The molecule has 114 valence electrons. The maximum atomic E-state index is 4.89. The molecule has 3 heteroatoms. The van der Waals surface area contributed by atoms with Gasteiger partial charge in [-0.25, -0.2) is 4.98 Å². The van der Waals surface area contributed by atoms with Crippen molar-refractivity contribution in [2.75, 3.05) is 18.5 Å². The molecule has 0 aliphatic rings. The van der Waals surface area contributed by atoms with Crippen LogP contribution in [0.3, 0.4) is 0 Å². The van der Waals surface area contributed by atoms with Crippen LogP contribution in [-0.2, 0) is 6.54 Å². The topological polar surface area (TPSA) is 28.2 Å². The largest absolute Gasteiger partial charge is 0.359 e. The van der Waals surface area contributed by atoms with Gasteiger partial charge in [-0.3, -0.25) is 0 Å². The van der Waals surface area contributed by atoms with Crippen LogP contribution < -0.4 is 10.2 Å². The van der Waals surface area contributed by atoms with Gasteiger partial charge in [0, 0.05) is 31.6 Å². The molecule has 0 saturated heterocycles. The van der Waals surface area contributed by atoms with Gasteiger partial charge in [0.1, 0.15) is 5.82 Å². The molecule has 0 bridgehead atoms. The number of anilines is 1. The maximum Gasteiger partial charge on any atom is 0.136 e. The van der Waals surface area contributed by atoms with Gasteiger partial charge < -0.3 is 10.2 Å².